The van der Waals surface area contributed by atoms with Crippen LogP contribution in [0, 0.1) is 16.2 Å². The summed E-state index contributed by atoms with van der Waals surface area (Å²) in [5.41, 5.74) is 7.22. The lowest BCUT2D eigenvalue weighted by Crippen LogP contribution is -2.40. The zero-order valence-electron chi connectivity index (χ0n) is 11.0. The summed E-state index contributed by atoms with van der Waals surface area (Å²) in [5.74, 6) is 0. The van der Waals surface area contributed by atoms with E-state index in [9.17, 15) is 0 Å². The Balaban J connectivity index is 5.04. The molecule has 0 saturated heterocycles. The first kappa shape index (κ1) is 13.5. The summed E-state index contributed by atoms with van der Waals surface area (Å²) in [6, 6.07) is 0. The monoisotopic (exact) mass is 197 g/mol. The van der Waals surface area contributed by atoms with Gasteiger partial charge >= 0.3 is 0 Å². The standard InChI is InChI=1S/C13H27N/c1-10(14)13(8,12(5,6)7)9-11(2,3)4/h1,9,14H2,2-8H3. The van der Waals surface area contributed by atoms with Gasteiger partial charge in [-0.15, -0.1) is 0 Å². The second-order valence-electron chi connectivity index (χ2n) is 6.84. The van der Waals surface area contributed by atoms with Crippen LogP contribution in [0.1, 0.15) is 54.9 Å². The van der Waals surface area contributed by atoms with E-state index in [1.165, 1.54) is 0 Å². The van der Waals surface area contributed by atoms with E-state index in [1.54, 1.807) is 0 Å². The lowest BCUT2D eigenvalue weighted by molar-refractivity contribution is 0.0912. The Hall–Kier alpha value is -0.460. The molecule has 0 aromatic carbocycles. The van der Waals surface area contributed by atoms with Gasteiger partial charge in [-0.3, -0.25) is 0 Å². The third kappa shape index (κ3) is 3.04. The molecule has 0 rings (SSSR count). The van der Waals surface area contributed by atoms with Crippen molar-refractivity contribution in [3.63, 3.8) is 0 Å². The van der Waals surface area contributed by atoms with Gasteiger partial charge < -0.3 is 5.73 Å². The van der Waals surface area contributed by atoms with E-state index < -0.39 is 0 Å². The van der Waals surface area contributed by atoms with Crippen LogP contribution in [-0.4, -0.2) is 0 Å². The molecular formula is C13H27N. The molecule has 0 aliphatic rings. The minimum Gasteiger partial charge on any atom is -0.402 e. The number of allylic oxidation sites excluding steroid dienone is 1. The van der Waals surface area contributed by atoms with Crippen LogP contribution in [0.5, 0.6) is 0 Å². The molecule has 1 nitrogen and oxygen atoms in total. The number of nitrogens with two attached hydrogens (primary N) is 1. The molecule has 0 amide bonds. The second kappa shape index (κ2) is 3.60. The van der Waals surface area contributed by atoms with Gasteiger partial charge in [-0.25, -0.2) is 0 Å². The maximum atomic E-state index is 5.97. The van der Waals surface area contributed by atoms with Crippen molar-refractivity contribution in [2.75, 3.05) is 0 Å². The smallest absolute Gasteiger partial charge is 0.0118 e. The predicted molar refractivity (Wildman–Crippen MR) is 65.0 cm³/mol. The Morgan fingerprint density at radius 1 is 1.00 bits per heavy atom. The Morgan fingerprint density at radius 2 is 1.36 bits per heavy atom. The second-order valence-corrected chi connectivity index (χ2v) is 6.84. The molecule has 1 heteroatoms. The van der Waals surface area contributed by atoms with Gasteiger partial charge in [0.15, 0.2) is 0 Å². The fraction of sp³-hybridized carbons (Fsp3) is 0.846. The van der Waals surface area contributed by atoms with Crippen molar-refractivity contribution in [1.82, 2.24) is 0 Å². The first-order valence-electron chi connectivity index (χ1n) is 5.35. The zero-order chi connectivity index (χ0) is 11.8. The van der Waals surface area contributed by atoms with Crippen molar-refractivity contribution < 1.29 is 0 Å². The minimum atomic E-state index is 0.00521. The normalized spacial score (nSPS) is 17.6. The van der Waals surface area contributed by atoms with Crippen molar-refractivity contribution in [2.24, 2.45) is 22.0 Å². The molecule has 0 bridgehead atoms. The van der Waals surface area contributed by atoms with Gasteiger partial charge in [0.25, 0.3) is 0 Å². The zero-order valence-corrected chi connectivity index (χ0v) is 11.0. The minimum absolute atomic E-state index is 0.00521. The van der Waals surface area contributed by atoms with E-state index in [2.05, 4.69) is 55.0 Å². The van der Waals surface area contributed by atoms with E-state index in [0.29, 0.717) is 0 Å². The van der Waals surface area contributed by atoms with Crippen molar-refractivity contribution >= 4 is 0 Å². The van der Waals surface area contributed by atoms with Gasteiger partial charge in [0, 0.05) is 11.1 Å². The molecular weight excluding hydrogens is 170 g/mol. The lowest BCUT2D eigenvalue weighted by atomic mass is 9.60. The topological polar surface area (TPSA) is 26.0 Å². The SMILES string of the molecule is C=C(N)C(C)(CC(C)(C)C)C(C)(C)C. The summed E-state index contributed by atoms with van der Waals surface area (Å²) in [6.45, 7) is 19.6. The lowest BCUT2D eigenvalue weighted by Gasteiger charge is -2.46. The molecule has 0 aromatic heterocycles. The maximum absolute atomic E-state index is 5.97. The fourth-order valence-electron chi connectivity index (χ4n) is 1.92. The molecule has 0 fully saturated rings. The molecule has 1 atom stereocenters. The van der Waals surface area contributed by atoms with Gasteiger partial charge in [-0.1, -0.05) is 55.0 Å². The molecule has 1 unspecified atom stereocenters. The van der Waals surface area contributed by atoms with Gasteiger partial charge in [-0.2, -0.15) is 0 Å². The molecule has 2 N–H and O–H groups in total. The maximum Gasteiger partial charge on any atom is 0.0118 e. The van der Waals surface area contributed by atoms with Crippen LogP contribution < -0.4 is 5.73 Å². The average molecular weight is 197 g/mol. The van der Waals surface area contributed by atoms with E-state index in [0.717, 1.165) is 12.1 Å². The summed E-state index contributed by atoms with van der Waals surface area (Å²) in [6.07, 6.45) is 1.07. The molecule has 0 aliphatic heterocycles. The quantitative estimate of drug-likeness (QED) is 0.712. The highest BCUT2D eigenvalue weighted by molar-refractivity contribution is 5.10. The van der Waals surface area contributed by atoms with Crippen molar-refractivity contribution in [2.45, 2.75) is 54.9 Å². The highest BCUT2D eigenvalue weighted by Crippen LogP contribution is 2.49. The number of hydrogen-bond acceptors (Lipinski definition) is 1. The van der Waals surface area contributed by atoms with Crippen molar-refractivity contribution in [3.8, 4) is 0 Å². The predicted octanol–water partition coefficient (Wildman–Crippen LogP) is 3.95. The molecule has 0 aliphatic carbocycles. The summed E-state index contributed by atoms with van der Waals surface area (Å²) in [5, 5.41) is 0. The summed E-state index contributed by atoms with van der Waals surface area (Å²) in [4.78, 5) is 0. The number of rotatable bonds is 2. The molecule has 0 heterocycles. The summed E-state index contributed by atoms with van der Waals surface area (Å²) in [7, 11) is 0. The molecule has 14 heavy (non-hydrogen) atoms. The van der Waals surface area contributed by atoms with Crippen LogP contribution in [0.4, 0.5) is 0 Å². The average Bonchev–Trinajstić information content (AvgIpc) is 1.79. The highest BCUT2D eigenvalue weighted by Gasteiger charge is 2.41. The van der Waals surface area contributed by atoms with E-state index >= 15 is 0 Å². The van der Waals surface area contributed by atoms with Crippen molar-refractivity contribution in [3.05, 3.63) is 12.3 Å². The fourth-order valence-corrected chi connectivity index (χ4v) is 1.92. The first-order valence-corrected chi connectivity index (χ1v) is 5.35. The van der Waals surface area contributed by atoms with Crippen molar-refractivity contribution in [1.29, 1.82) is 0 Å². The van der Waals surface area contributed by atoms with E-state index in [4.69, 9.17) is 5.73 Å². The Bertz CT molecular complexity index is 214. The summed E-state index contributed by atoms with van der Waals surface area (Å²) < 4.78 is 0. The van der Waals surface area contributed by atoms with Gasteiger partial charge in [0.2, 0.25) is 0 Å². The van der Waals surface area contributed by atoms with Gasteiger partial charge in [0.1, 0.15) is 0 Å². The Labute approximate surface area is 89.8 Å². The largest absolute Gasteiger partial charge is 0.402 e. The summed E-state index contributed by atoms with van der Waals surface area (Å²) >= 11 is 0. The molecule has 0 radical (unpaired) electrons. The first-order chi connectivity index (χ1) is 5.90. The highest BCUT2D eigenvalue weighted by atomic mass is 14.7. The van der Waals surface area contributed by atoms with E-state index in [-0.39, 0.29) is 16.2 Å². The molecule has 0 spiro atoms. The van der Waals surface area contributed by atoms with E-state index in [1.807, 2.05) is 0 Å². The third-order valence-electron chi connectivity index (χ3n) is 3.25. The molecule has 84 valence electrons. The Morgan fingerprint density at radius 3 is 1.43 bits per heavy atom. The van der Waals surface area contributed by atoms with Gasteiger partial charge in [0.05, 0.1) is 0 Å². The van der Waals surface area contributed by atoms with Crippen LogP contribution in [0.3, 0.4) is 0 Å². The Kier molecular flexibility index (Phi) is 3.48. The number of hydrogen-bond donors (Lipinski definition) is 1. The van der Waals surface area contributed by atoms with Gasteiger partial charge in [-0.05, 0) is 17.3 Å². The van der Waals surface area contributed by atoms with Crippen LogP contribution >= 0.6 is 0 Å². The molecule has 0 saturated carbocycles. The molecule has 0 aromatic rings. The van der Waals surface area contributed by atoms with Crippen LogP contribution in [0.15, 0.2) is 12.3 Å². The van der Waals surface area contributed by atoms with Crippen LogP contribution in [-0.2, 0) is 0 Å². The van der Waals surface area contributed by atoms with Crippen LogP contribution in [0.2, 0.25) is 0 Å². The third-order valence-corrected chi connectivity index (χ3v) is 3.25. The van der Waals surface area contributed by atoms with Crippen LogP contribution in [0.25, 0.3) is 0 Å².